The number of pyridine rings is 1. The van der Waals surface area contributed by atoms with Crippen LogP contribution in [0.15, 0.2) is 42.6 Å². The van der Waals surface area contributed by atoms with Gasteiger partial charge in [-0.2, -0.15) is 0 Å². The van der Waals surface area contributed by atoms with E-state index >= 15 is 0 Å². The second-order valence-corrected chi connectivity index (χ2v) is 5.05. The summed E-state index contributed by atoms with van der Waals surface area (Å²) in [6.07, 6.45) is 3.91. The van der Waals surface area contributed by atoms with Crippen LogP contribution < -0.4 is 5.32 Å². The van der Waals surface area contributed by atoms with Gasteiger partial charge in [0.05, 0.1) is 11.7 Å². The minimum Gasteiger partial charge on any atom is -0.302 e. The maximum Gasteiger partial charge on any atom is 0.127 e. The highest BCUT2D eigenvalue weighted by Crippen LogP contribution is 2.31. The first-order chi connectivity index (χ1) is 9.25. The molecular formula is C16H17FN2. The van der Waals surface area contributed by atoms with Gasteiger partial charge in [0.15, 0.2) is 0 Å². The van der Waals surface area contributed by atoms with Crippen LogP contribution in [0.4, 0.5) is 4.39 Å². The van der Waals surface area contributed by atoms with Gasteiger partial charge in [0.2, 0.25) is 0 Å². The van der Waals surface area contributed by atoms with E-state index in [0.717, 1.165) is 18.5 Å². The summed E-state index contributed by atoms with van der Waals surface area (Å²) in [6, 6.07) is 11.2. The van der Waals surface area contributed by atoms with Crippen LogP contribution >= 0.6 is 0 Å². The van der Waals surface area contributed by atoms with Crippen LogP contribution in [-0.4, -0.2) is 4.98 Å². The summed E-state index contributed by atoms with van der Waals surface area (Å²) in [5, 5.41) is 3.49. The molecule has 1 aromatic heterocycles. The first-order valence-corrected chi connectivity index (χ1v) is 6.70. The molecule has 1 heterocycles. The Labute approximate surface area is 112 Å². The molecule has 2 nitrogen and oxygen atoms in total. The molecule has 1 aromatic carbocycles. The lowest BCUT2D eigenvalue weighted by molar-refractivity contribution is 0.444. The Kier molecular flexibility index (Phi) is 3.30. The average Bonchev–Trinajstić information content (AvgIpc) is 2.83. The lowest BCUT2D eigenvalue weighted by atomic mass is 10.1. The fourth-order valence-electron chi connectivity index (χ4n) is 2.79. The Bertz CT molecular complexity index is 582. The molecule has 98 valence electrons. The molecular weight excluding hydrogens is 239 g/mol. The fraction of sp³-hybridized carbons (Fsp3) is 0.312. The number of aromatic nitrogens is 1. The molecule has 0 radical (unpaired) electrons. The van der Waals surface area contributed by atoms with E-state index in [1.165, 1.54) is 11.6 Å². The van der Waals surface area contributed by atoms with E-state index in [2.05, 4.69) is 16.4 Å². The van der Waals surface area contributed by atoms with Crippen molar-refractivity contribution in [2.45, 2.75) is 31.8 Å². The molecule has 0 fully saturated rings. The molecule has 3 rings (SSSR count). The van der Waals surface area contributed by atoms with Crippen LogP contribution in [0.2, 0.25) is 0 Å². The Balaban J connectivity index is 1.78. The third kappa shape index (κ3) is 2.38. The summed E-state index contributed by atoms with van der Waals surface area (Å²) >= 11 is 0. The molecule has 1 N–H and O–H groups in total. The standard InChI is InChI=1S/C16H17FN2/c1-11(13-6-2-3-7-14(13)17)19-15-9-8-12-5-4-10-18-16(12)15/h2-7,10-11,15,19H,8-9H2,1H3/t11-,15?/m1/s1. The monoisotopic (exact) mass is 256 g/mol. The highest BCUT2D eigenvalue weighted by molar-refractivity contribution is 5.29. The smallest absolute Gasteiger partial charge is 0.127 e. The summed E-state index contributed by atoms with van der Waals surface area (Å²) in [6.45, 7) is 2.00. The van der Waals surface area contributed by atoms with Gasteiger partial charge in [-0.1, -0.05) is 24.3 Å². The molecule has 2 aromatic rings. The normalized spacial score (nSPS) is 19.2. The number of aryl methyl sites for hydroxylation is 1. The first kappa shape index (κ1) is 12.3. The number of fused-ring (bicyclic) bond motifs is 1. The van der Waals surface area contributed by atoms with Crippen LogP contribution in [0.1, 0.15) is 42.2 Å². The van der Waals surface area contributed by atoms with E-state index < -0.39 is 0 Å². The summed E-state index contributed by atoms with van der Waals surface area (Å²) in [5.41, 5.74) is 3.14. The molecule has 1 aliphatic carbocycles. The van der Waals surface area contributed by atoms with E-state index in [1.807, 2.05) is 31.3 Å². The highest BCUT2D eigenvalue weighted by Gasteiger charge is 2.25. The van der Waals surface area contributed by atoms with Crippen molar-refractivity contribution >= 4 is 0 Å². The van der Waals surface area contributed by atoms with Crippen LogP contribution in [-0.2, 0) is 6.42 Å². The van der Waals surface area contributed by atoms with Crippen molar-refractivity contribution in [3.8, 4) is 0 Å². The average molecular weight is 256 g/mol. The van der Waals surface area contributed by atoms with E-state index in [9.17, 15) is 4.39 Å². The molecule has 0 bridgehead atoms. The van der Waals surface area contributed by atoms with Gasteiger partial charge in [-0.3, -0.25) is 4.98 Å². The first-order valence-electron chi connectivity index (χ1n) is 6.70. The Hall–Kier alpha value is -1.74. The molecule has 0 aliphatic heterocycles. The zero-order valence-electron chi connectivity index (χ0n) is 10.9. The van der Waals surface area contributed by atoms with Crippen molar-refractivity contribution in [1.82, 2.24) is 10.3 Å². The molecule has 1 aliphatic rings. The van der Waals surface area contributed by atoms with Gasteiger partial charge >= 0.3 is 0 Å². The van der Waals surface area contributed by atoms with Crippen LogP contribution in [0.5, 0.6) is 0 Å². The maximum atomic E-state index is 13.8. The molecule has 0 saturated heterocycles. The van der Waals surface area contributed by atoms with Gasteiger partial charge in [0.25, 0.3) is 0 Å². The lowest BCUT2D eigenvalue weighted by Gasteiger charge is -2.20. The zero-order valence-corrected chi connectivity index (χ0v) is 10.9. The number of halogens is 1. The van der Waals surface area contributed by atoms with Crippen LogP contribution in [0.3, 0.4) is 0 Å². The van der Waals surface area contributed by atoms with Crippen molar-refractivity contribution < 1.29 is 4.39 Å². The minimum atomic E-state index is -0.151. The number of nitrogens with zero attached hydrogens (tertiary/aromatic N) is 1. The predicted molar refractivity (Wildman–Crippen MR) is 73.2 cm³/mol. The molecule has 0 saturated carbocycles. The predicted octanol–water partition coefficient (Wildman–Crippen LogP) is 3.56. The van der Waals surface area contributed by atoms with Gasteiger partial charge in [0, 0.05) is 17.8 Å². The zero-order chi connectivity index (χ0) is 13.2. The summed E-state index contributed by atoms with van der Waals surface area (Å²) in [7, 11) is 0. The minimum absolute atomic E-state index is 0.0147. The number of rotatable bonds is 3. The number of nitrogens with one attached hydrogen (secondary N) is 1. The van der Waals surface area contributed by atoms with Gasteiger partial charge in [-0.15, -0.1) is 0 Å². The molecule has 19 heavy (non-hydrogen) atoms. The van der Waals surface area contributed by atoms with Gasteiger partial charge in [-0.25, -0.2) is 4.39 Å². The third-order valence-electron chi connectivity index (χ3n) is 3.78. The fourth-order valence-corrected chi connectivity index (χ4v) is 2.79. The third-order valence-corrected chi connectivity index (χ3v) is 3.78. The Morgan fingerprint density at radius 2 is 2.11 bits per heavy atom. The molecule has 0 spiro atoms. The largest absolute Gasteiger partial charge is 0.302 e. The second kappa shape index (κ2) is 5.10. The van der Waals surface area contributed by atoms with Gasteiger partial charge < -0.3 is 5.32 Å². The summed E-state index contributed by atoms with van der Waals surface area (Å²) in [5.74, 6) is -0.151. The number of benzene rings is 1. The van der Waals surface area contributed by atoms with Crippen molar-refractivity contribution in [1.29, 1.82) is 0 Å². The van der Waals surface area contributed by atoms with Crippen molar-refractivity contribution in [3.05, 3.63) is 65.2 Å². The van der Waals surface area contributed by atoms with E-state index in [-0.39, 0.29) is 17.9 Å². The number of hydrogen-bond acceptors (Lipinski definition) is 2. The molecule has 2 atom stereocenters. The lowest BCUT2D eigenvalue weighted by Crippen LogP contribution is -2.24. The molecule has 1 unspecified atom stereocenters. The van der Waals surface area contributed by atoms with Crippen molar-refractivity contribution in [2.24, 2.45) is 0 Å². The van der Waals surface area contributed by atoms with Gasteiger partial charge in [-0.05, 0) is 37.5 Å². The van der Waals surface area contributed by atoms with E-state index in [1.54, 1.807) is 6.07 Å². The number of hydrogen-bond donors (Lipinski definition) is 1. The summed E-state index contributed by atoms with van der Waals surface area (Å²) in [4.78, 5) is 4.45. The van der Waals surface area contributed by atoms with Crippen molar-refractivity contribution in [2.75, 3.05) is 0 Å². The highest BCUT2D eigenvalue weighted by atomic mass is 19.1. The maximum absolute atomic E-state index is 13.8. The Morgan fingerprint density at radius 3 is 2.95 bits per heavy atom. The van der Waals surface area contributed by atoms with Gasteiger partial charge in [0.1, 0.15) is 5.82 Å². The molecule has 3 heteroatoms. The topological polar surface area (TPSA) is 24.9 Å². The van der Waals surface area contributed by atoms with E-state index in [4.69, 9.17) is 0 Å². The van der Waals surface area contributed by atoms with E-state index in [0.29, 0.717) is 5.56 Å². The molecule has 0 amide bonds. The Morgan fingerprint density at radius 1 is 1.26 bits per heavy atom. The van der Waals surface area contributed by atoms with Crippen LogP contribution in [0, 0.1) is 5.82 Å². The quantitative estimate of drug-likeness (QED) is 0.908. The summed E-state index contributed by atoms with van der Waals surface area (Å²) < 4.78 is 13.8. The SMILES string of the molecule is C[C@@H](NC1CCc2cccnc21)c1ccccc1F. The van der Waals surface area contributed by atoms with Crippen molar-refractivity contribution in [3.63, 3.8) is 0 Å². The second-order valence-electron chi connectivity index (χ2n) is 5.05. The van der Waals surface area contributed by atoms with Crippen LogP contribution in [0.25, 0.3) is 0 Å².